The van der Waals surface area contributed by atoms with Crippen LogP contribution in [0.2, 0.25) is 0 Å². The Bertz CT molecular complexity index is 1200. The number of hydrogen-bond donors (Lipinski definition) is 2. The average molecular weight is 494 g/mol. The molecule has 2 heterocycles. The van der Waals surface area contributed by atoms with Gasteiger partial charge in [0.2, 0.25) is 0 Å². The predicted octanol–water partition coefficient (Wildman–Crippen LogP) is 4.06. The van der Waals surface area contributed by atoms with Gasteiger partial charge in [-0.15, -0.1) is 0 Å². The maximum absolute atomic E-state index is 13.5. The highest BCUT2D eigenvalue weighted by Crippen LogP contribution is 2.67. The molecule has 7 heteroatoms. The lowest BCUT2D eigenvalue weighted by Crippen LogP contribution is -2.62. The Kier molecular flexibility index (Phi) is 5.37. The fourth-order valence-electron chi connectivity index (χ4n) is 8.47. The van der Waals surface area contributed by atoms with Gasteiger partial charge in [0.25, 0.3) is 0 Å². The number of Topliss-reactive ketones (excluding diaryl/α,β-unsaturated/α-hetero) is 1. The summed E-state index contributed by atoms with van der Waals surface area (Å²) in [6.45, 7) is 4.40. The first-order valence-corrected chi connectivity index (χ1v) is 13.9. The van der Waals surface area contributed by atoms with Crippen molar-refractivity contribution in [3.05, 3.63) is 47.4 Å². The predicted molar refractivity (Wildman–Crippen MR) is 136 cm³/mol. The molecule has 2 aromatic rings. The Morgan fingerprint density at radius 2 is 2.11 bits per heavy atom. The van der Waals surface area contributed by atoms with E-state index in [0.29, 0.717) is 18.8 Å². The molecule has 3 fully saturated rings. The van der Waals surface area contributed by atoms with Gasteiger partial charge in [-0.25, -0.2) is 4.98 Å². The van der Waals surface area contributed by atoms with Crippen LogP contribution in [0.3, 0.4) is 0 Å². The van der Waals surface area contributed by atoms with Crippen molar-refractivity contribution in [1.29, 1.82) is 0 Å². The van der Waals surface area contributed by atoms with E-state index in [0.717, 1.165) is 30.7 Å². The van der Waals surface area contributed by atoms with Gasteiger partial charge < -0.3 is 10.2 Å². The van der Waals surface area contributed by atoms with Crippen LogP contribution in [-0.4, -0.2) is 48.2 Å². The Labute approximate surface area is 211 Å². The van der Waals surface area contributed by atoms with E-state index in [9.17, 15) is 15.0 Å². The highest BCUT2D eigenvalue weighted by atomic mass is 32.2. The second kappa shape index (κ2) is 8.02. The van der Waals surface area contributed by atoms with Gasteiger partial charge in [-0.3, -0.25) is 9.48 Å². The monoisotopic (exact) mass is 493 g/mol. The number of aromatic nitrogens is 3. The zero-order valence-electron chi connectivity index (χ0n) is 20.8. The normalized spacial score (nSPS) is 39.7. The van der Waals surface area contributed by atoms with Gasteiger partial charge in [0.1, 0.15) is 5.60 Å². The van der Waals surface area contributed by atoms with Gasteiger partial charge in [-0.1, -0.05) is 37.2 Å². The first-order valence-electron chi connectivity index (χ1n) is 12.9. The zero-order valence-corrected chi connectivity index (χ0v) is 21.6. The number of rotatable bonds is 4. The van der Waals surface area contributed by atoms with Crippen molar-refractivity contribution in [3.63, 3.8) is 0 Å². The van der Waals surface area contributed by atoms with E-state index in [1.54, 1.807) is 6.20 Å². The van der Waals surface area contributed by atoms with Crippen LogP contribution in [0.4, 0.5) is 0 Å². The molecule has 0 radical (unpaired) electrons. The molecule has 3 saturated carbocycles. The molecule has 0 spiro atoms. The molecule has 0 amide bonds. The lowest BCUT2D eigenvalue weighted by molar-refractivity contribution is -0.177. The second-order valence-electron chi connectivity index (χ2n) is 11.7. The molecule has 2 aromatic heterocycles. The van der Waals surface area contributed by atoms with E-state index in [1.165, 1.54) is 28.6 Å². The molecule has 186 valence electrons. The van der Waals surface area contributed by atoms with Gasteiger partial charge in [0.05, 0.1) is 28.8 Å². The van der Waals surface area contributed by atoms with Gasteiger partial charge in [-0.05, 0) is 85.5 Å². The number of allylic oxidation sites excluding steroid dienone is 1. The maximum atomic E-state index is 13.5. The molecule has 4 aliphatic rings. The second-order valence-corrected chi connectivity index (χ2v) is 12.7. The first-order chi connectivity index (χ1) is 16.7. The van der Waals surface area contributed by atoms with E-state index >= 15 is 0 Å². The van der Waals surface area contributed by atoms with E-state index < -0.39 is 17.1 Å². The lowest BCUT2D eigenvalue weighted by atomic mass is 9.45. The summed E-state index contributed by atoms with van der Waals surface area (Å²) >= 11 is 1.39. The molecule has 0 saturated heterocycles. The van der Waals surface area contributed by atoms with Gasteiger partial charge in [0, 0.05) is 18.7 Å². The highest BCUT2D eigenvalue weighted by Gasteiger charge is 2.68. The van der Waals surface area contributed by atoms with Crippen LogP contribution in [0.15, 0.2) is 41.2 Å². The zero-order chi connectivity index (χ0) is 24.6. The summed E-state index contributed by atoms with van der Waals surface area (Å²) in [5.41, 5.74) is 1.75. The van der Waals surface area contributed by atoms with Crippen molar-refractivity contribution in [2.24, 2.45) is 35.6 Å². The number of hydrogen-bond acceptors (Lipinski definition) is 6. The lowest BCUT2D eigenvalue weighted by Gasteiger charge is -2.60. The Balaban J connectivity index is 1.28. The molecule has 35 heavy (non-hydrogen) atoms. The van der Waals surface area contributed by atoms with Crippen molar-refractivity contribution in [3.8, 4) is 0 Å². The van der Waals surface area contributed by atoms with E-state index in [4.69, 9.17) is 0 Å². The summed E-state index contributed by atoms with van der Waals surface area (Å²) < 4.78 is 1.95. The summed E-state index contributed by atoms with van der Waals surface area (Å²) in [5, 5.41) is 28.9. The number of aliphatic hydroxyl groups is 2. The van der Waals surface area contributed by atoms with Gasteiger partial charge in [-0.2, -0.15) is 5.10 Å². The molecular weight excluding hydrogens is 458 g/mol. The third-order valence-corrected chi connectivity index (χ3v) is 11.1. The third kappa shape index (κ3) is 3.27. The standard InChI is InChI=1S/C28H35N3O3S/c1-26-13-17-15-30-31(3)21(17)12-18(26)7-8-19-20-9-10-28(34,27(20,2)14-22(32)25(19)26)23(33)16-35-24-6-4-5-11-29-24/h4-6,11-12,15,19-20,22,25,32,34H,7-10,13-14,16H2,1-3H3/t19?,20?,22-,25?,26?,27?,28-/m0/s1. The number of carbonyl (C=O) groups excluding carboxylic acids is 1. The Hall–Kier alpha value is -1.96. The number of ketones is 1. The fourth-order valence-corrected chi connectivity index (χ4v) is 9.30. The largest absolute Gasteiger partial charge is 0.393 e. The molecule has 2 N–H and O–H groups in total. The number of nitrogens with zero attached hydrogens (tertiary/aromatic N) is 3. The summed E-state index contributed by atoms with van der Waals surface area (Å²) in [6.07, 6.45) is 10.2. The van der Waals surface area contributed by atoms with Crippen molar-refractivity contribution in [2.45, 2.75) is 69.1 Å². The number of aryl methyl sites for hydroxylation is 1. The van der Waals surface area contributed by atoms with Crippen LogP contribution in [0.1, 0.15) is 57.2 Å². The van der Waals surface area contributed by atoms with Crippen LogP contribution >= 0.6 is 11.8 Å². The van der Waals surface area contributed by atoms with Crippen LogP contribution in [0, 0.1) is 28.6 Å². The van der Waals surface area contributed by atoms with Crippen LogP contribution < -0.4 is 0 Å². The Morgan fingerprint density at radius 1 is 1.29 bits per heavy atom. The Morgan fingerprint density at radius 3 is 2.89 bits per heavy atom. The molecule has 0 aliphatic heterocycles. The topological polar surface area (TPSA) is 88.2 Å². The van der Waals surface area contributed by atoms with E-state index in [-0.39, 0.29) is 28.8 Å². The summed E-state index contributed by atoms with van der Waals surface area (Å²) in [6, 6.07) is 5.65. The van der Waals surface area contributed by atoms with Crippen molar-refractivity contribution < 1.29 is 15.0 Å². The summed E-state index contributed by atoms with van der Waals surface area (Å²) in [5.74, 6) is 0.750. The van der Waals surface area contributed by atoms with Crippen LogP contribution in [0.5, 0.6) is 0 Å². The highest BCUT2D eigenvalue weighted by molar-refractivity contribution is 7.99. The number of fused-ring (bicyclic) bond motifs is 6. The first kappa shape index (κ1) is 23.4. The van der Waals surface area contributed by atoms with Crippen molar-refractivity contribution in [2.75, 3.05) is 5.75 Å². The fraction of sp³-hybridized carbons (Fsp3) is 0.607. The number of aliphatic hydroxyl groups excluding tert-OH is 1. The molecule has 6 nitrogen and oxygen atoms in total. The van der Waals surface area contributed by atoms with Crippen LogP contribution in [-0.2, 0) is 18.3 Å². The quantitative estimate of drug-likeness (QED) is 0.625. The molecule has 0 aromatic carbocycles. The van der Waals surface area contributed by atoms with Gasteiger partial charge >= 0.3 is 0 Å². The number of thioether (sulfide) groups is 1. The van der Waals surface area contributed by atoms with E-state index in [2.05, 4.69) is 30.0 Å². The van der Waals surface area contributed by atoms with Crippen LogP contribution in [0.25, 0.3) is 6.08 Å². The molecule has 6 rings (SSSR count). The molecule has 5 unspecified atom stereocenters. The van der Waals surface area contributed by atoms with Gasteiger partial charge in [0.15, 0.2) is 5.78 Å². The van der Waals surface area contributed by atoms with Crippen molar-refractivity contribution >= 4 is 23.6 Å². The minimum atomic E-state index is -1.40. The van der Waals surface area contributed by atoms with Crippen molar-refractivity contribution in [1.82, 2.24) is 14.8 Å². The molecule has 0 bridgehead atoms. The average Bonchev–Trinajstić information content (AvgIpc) is 3.32. The third-order valence-electron chi connectivity index (χ3n) is 10.2. The summed E-state index contributed by atoms with van der Waals surface area (Å²) in [4.78, 5) is 17.8. The smallest absolute Gasteiger partial charge is 0.175 e. The minimum Gasteiger partial charge on any atom is -0.393 e. The maximum Gasteiger partial charge on any atom is 0.175 e. The molecule has 4 aliphatic carbocycles. The van der Waals surface area contributed by atoms with E-state index in [1.807, 2.05) is 36.1 Å². The number of pyridine rings is 1. The number of carbonyl (C=O) groups is 1. The molecule has 7 atom stereocenters. The molecular formula is C28H35N3O3S. The minimum absolute atomic E-state index is 0.112. The SMILES string of the molecule is Cn1ncc2c1C=C1CCC3C([C@@H](O)CC4(C)C3CC[C@]4(O)C(=O)CSc3ccccn3)C1(C)C2. The summed E-state index contributed by atoms with van der Waals surface area (Å²) in [7, 11) is 1.99.